The molecule has 0 spiro atoms. The second-order valence-corrected chi connectivity index (χ2v) is 9.73. The van der Waals surface area contributed by atoms with Gasteiger partial charge in [0.1, 0.15) is 5.75 Å². The second-order valence-electron chi connectivity index (χ2n) is 9.73. The summed E-state index contributed by atoms with van der Waals surface area (Å²) in [5.41, 5.74) is 4.58. The van der Waals surface area contributed by atoms with Crippen molar-refractivity contribution >= 4 is 11.8 Å². The van der Waals surface area contributed by atoms with E-state index in [0.29, 0.717) is 18.7 Å². The van der Waals surface area contributed by atoms with E-state index in [2.05, 4.69) is 11.1 Å². The normalized spacial score (nSPS) is 14.8. The third kappa shape index (κ3) is 5.76. The number of methoxy groups -OCH3 is 1. The fraction of sp³-hybridized carbons (Fsp3) is 0.367. The minimum absolute atomic E-state index is 0.0113. The first-order valence-corrected chi connectivity index (χ1v) is 12.5. The summed E-state index contributed by atoms with van der Waals surface area (Å²) in [6.07, 6.45) is 5.70. The molecule has 6 heteroatoms. The highest BCUT2D eigenvalue weighted by Crippen LogP contribution is 2.29. The molecule has 2 heterocycles. The molecule has 36 heavy (non-hydrogen) atoms. The van der Waals surface area contributed by atoms with E-state index >= 15 is 0 Å². The van der Waals surface area contributed by atoms with Gasteiger partial charge < -0.3 is 14.5 Å². The van der Waals surface area contributed by atoms with Crippen LogP contribution in [0.4, 0.5) is 0 Å². The lowest BCUT2D eigenvalue weighted by molar-refractivity contribution is 0.0521. The van der Waals surface area contributed by atoms with Crippen molar-refractivity contribution in [1.82, 2.24) is 14.8 Å². The van der Waals surface area contributed by atoms with Crippen LogP contribution in [0, 0.1) is 19.8 Å². The molecule has 1 aromatic heterocycles. The maximum Gasteiger partial charge on any atom is 0.255 e. The minimum Gasteiger partial charge on any atom is -0.497 e. The molecule has 0 saturated carbocycles. The Kier molecular flexibility index (Phi) is 8.04. The zero-order valence-electron chi connectivity index (χ0n) is 21.6. The van der Waals surface area contributed by atoms with E-state index in [0.717, 1.165) is 47.3 Å². The summed E-state index contributed by atoms with van der Waals surface area (Å²) in [6, 6.07) is 17.6. The number of amides is 2. The molecule has 1 unspecified atom stereocenters. The summed E-state index contributed by atoms with van der Waals surface area (Å²) in [4.78, 5) is 34.6. The third-order valence-corrected chi connectivity index (χ3v) is 7.30. The Morgan fingerprint density at radius 2 is 1.86 bits per heavy atom. The van der Waals surface area contributed by atoms with Crippen molar-refractivity contribution in [3.05, 3.63) is 94.8 Å². The first-order chi connectivity index (χ1) is 17.4. The molecule has 0 N–H and O–H groups in total. The van der Waals surface area contributed by atoms with E-state index in [1.807, 2.05) is 67.1 Å². The Morgan fingerprint density at radius 3 is 2.56 bits per heavy atom. The summed E-state index contributed by atoms with van der Waals surface area (Å²) in [7, 11) is 3.55. The van der Waals surface area contributed by atoms with Gasteiger partial charge in [0.2, 0.25) is 0 Å². The number of hydrogen-bond donors (Lipinski definition) is 0. The number of nitrogens with zero attached hydrogens (tertiary/aromatic N) is 3. The SMILES string of the molecule is COc1cccc(CC(C2CCN(C(=O)c3cc(C)ccc3C)CC2)N(C)C(=O)c2cccnc2)c1. The van der Waals surface area contributed by atoms with Crippen LogP contribution in [0.25, 0.3) is 0 Å². The predicted molar refractivity (Wildman–Crippen MR) is 141 cm³/mol. The number of likely N-dealkylation sites (N-methyl/N-ethyl adjacent to an activating group) is 1. The van der Waals surface area contributed by atoms with E-state index in [1.54, 1.807) is 31.6 Å². The van der Waals surface area contributed by atoms with E-state index < -0.39 is 0 Å². The van der Waals surface area contributed by atoms with Crippen molar-refractivity contribution in [3.63, 3.8) is 0 Å². The summed E-state index contributed by atoms with van der Waals surface area (Å²) in [5, 5.41) is 0. The molecule has 6 nitrogen and oxygen atoms in total. The summed E-state index contributed by atoms with van der Waals surface area (Å²) >= 11 is 0. The first kappa shape index (κ1) is 25.4. The van der Waals surface area contributed by atoms with Gasteiger partial charge in [-0.05, 0) is 80.5 Å². The Bertz CT molecular complexity index is 1200. The number of hydrogen-bond acceptors (Lipinski definition) is 4. The van der Waals surface area contributed by atoms with E-state index in [1.165, 1.54) is 0 Å². The summed E-state index contributed by atoms with van der Waals surface area (Å²) < 4.78 is 5.43. The molecule has 4 rings (SSSR count). The van der Waals surface area contributed by atoms with Gasteiger partial charge in [-0.25, -0.2) is 0 Å². The molecule has 1 fully saturated rings. The Morgan fingerprint density at radius 1 is 1.08 bits per heavy atom. The second kappa shape index (κ2) is 11.4. The van der Waals surface area contributed by atoms with Crippen LogP contribution in [0.3, 0.4) is 0 Å². The van der Waals surface area contributed by atoms with Crippen molar-refractivity contribution in [1.29, 1.82) is 0 Å². The number of carbonyl (C=O) groups is 2. The average Bonchev–Trinajstić information content (AvgIpc) is 2.92. The van der Waals surface area contributed by atoms with Crippen LogP contribution < -0.4 is 4.74 Å². The van der Waals surface area contributed by atoms with Gasteiger partial charge in [-0.15, -0.1) is 0 Å². The van der Waals surface area contributed by atoms with Gasteiger partial charge in [0.25, 0.3) is 11.8 Å². The largest absolute Gasteiger partial charge is 0.497 e. The number of likely N-dealkylation sites (tertiary alicyclic amines) is 1. The van der Waals surface area contributed by atoms with Crippen molar-refractivity contribution in [2.24, 2.45) is 5.92 Å². The lowest BCUT2D eigenvalue weighted by Crippen LogP contribution is -2.48. The molecule has 3 aromatic rings. The Labute approximate surface area is 213 Å². The number of aromatic nitrogens is 1. The van der Waals surface area contributed by atoms with Gasteiger partial charge in [0.05, 0.1) is 12.7 Å². The third-order valence-electron chi connectivity index (χ3n) is 7.30. The average molecular weight is 486 g/mol. The van der Waals surface area contributed by atoms with Gasteiger partial charge in [-0.1, -0.05) is 29.8 Å². The lowest BCUT2D eigenvalue weighted by Gasteiger charge is -2.40. The van der Waals surface area contributed by atoms with E-state index in [9.17, 15) is 9.59 Å². The van der Waals surface area contributed by atoms with Gasteiger partial charge >= 0.3 is 0 Å². The number of carbonyl (C=O) groups excluding carboxylic acids is 2. The lowest BCUT2D eigenvalue weighted by atomic mass is 9.84. The van der Waals surface area contributed by atoms with Crippen LogP contribution in [0.1, 0.15) is 50.2 Å². The standard InChI is InChI=1S/C30H35N3O3/c1-21-10-11-22(2)27(17-21)30(35)33-15-12-24(13-16-33)28(19-23-7-5-9-26(18-23)36-4)32(3)29(34)25-8-6-14-31-20-25/h5-11,14,17-18,20,24,28H,12-13,15-16,19H2,1-4H3. The molecular formula is C30H35N3O3. The molecular weight excluding hydrogens is 450 g/mol. The first-order valence-electron chi connectivity index (χ1n) is 12.5. The fourth-order valence-corrected chi connectivity index (χ4v) is 5.13. The number of benzene rings is 2. The van der Waals surface area contributed by atoms with Crippen molar-refractivity contribution in [3.8, 4) is 5.75 Å². The van der Waals surface area contributed by atoms with Crippen LogP contribution in [0.2, 0.25) is 0 Å². The number of rotatable bonds is 7. The van der Waals surface area contributed by atoms with Crippen LogP contribution >= 0.6 is 0 Å². The molecule has 188 valence electrons. The topological polar surface area (TPSA) is 62.7 Å². The molecule has 1 aliphatic rings. The van der Waals surface area contributed by atoms with Crippen LogP contribution in [0.5, 0.6) is 5.75 Å². The molecule has 0 bridgehead atoms. The maximum atomic E-state index is 13.4. The summed E-state index contributed by atoms with van der Waals surface area (Å²) in [5.74, 6) is 1.13. The molecule has 2 aromatic carbocycles. The predicted octanol–water partition coefficient (Wildman–Crippen LogP) is 4.94. The molecule has 0 aliphatic carbocycles. The molecule has 0 radical (unpaired) electrons. The van der Waals surface area contributed by atoms with Crippen molar-refractivity contribution in [2.45, 2.75) is 39.2 Å². The zero-order chi connectivity index (χ0) is 25.7. The fourth-order valence-electron chi connectivity index (χ4n) is 5.13. The number of piperidine rings is 1. The molecule has 1 atom stereocenters. The Hall–Kier alpha value is -3.67. The smallest absolute Gasteiger partial charge is 0.255 e. The highest BCUT2D eigenvalue weighted by Gasteiger charge is 2.33. The zero-order valence-corrected chi connectivity index (χ0v) is 21.6. The van der Waals surface area contributed by atoms with Crippen LogP contribution in [0.15, 0.2) is 67.0 Å². The number of pyridine rings is 1. The highest BCUT2D eigenvalue weighted by molar-refractivity contribution is 5.96. The van der Waals surface area contributed by atoms with Gasteiger partial charge in [-0.3, -0.25) is 14.6 Å². The van der Waals surface area contributed by atoms with Gasteiger partial charge in [-0.2, -0.15) is 0 Å². The van der Waals surface area contributed by atoms with Crippen LogP contribution in [-0.2, 0) is 6.42 Å². The highest BCUT2D eigenvalue weighted by atomic mass is 16.5. The van der Waals surface area contributed by atoms with Gasteiger partial charge in [0.15, 0.2) is 0 Å². The van der Waals surface area contributed by atoms with E-state index in [-0.39, 0.29) is 23.8 Å². The monoisotopic (exact) mass is 485 g/mol. The quantitative estimate of drug-likeness (QED) is 0.475. The summed E-state index contributed by atoms with van der Waals surface area (Å²) in [6.45, 7) is 5.37. The van der Waals surface area contributed by atoms with Crippen LogP contribution in [-0.4, -0.2) is 59.9 Å². The number of aryl methyl sites for hydroxylation is 2. The molecule has 1 aliphatic heterocycles. The Balaban J connectivity index is 1.53. The maximum absolute atomic E-state index is 13.4. The molecule has 2 amide bonds. The van der Waals surface area contributed by atoms with Gasteiger partial charge in [0, 0.05) is 44.1 Å². The van der Waals surface area contributed by atoms with Crippen molar-refractivity contribution < 1.29 is 14.3 Å². The van der Waals surface area contributed by atoms with E-state index in [4.69, 9.17) is 4.74 Å². The number of ether oxygens (including phenoxy) is 1. The minimum atomic E-state index is -0.0371. The molecule has 1 saturated heterocycles. The van der Waals surface area contributed by atoms with Crippen molar-refractivity contribution in [2.75, 3.05) is 27.2 Å².